The van der Waals surface area contributed by atoms with Gasteiger partial charge in [0.25, 0.3) is 10.0 Å². The van der Waals surface area contributed by atoms with E-state index in [1.54, 1.807) is 0 Å². The molecule has 0 spiro atoms. The van der Waals surface area contributed by atoms with Gasteiger partial charge >= 0.3 is 0 Å². The molecule has 0 saturated carbocycles. The summed E-state index contributed by atoms with van der Waals surface area (Å²) in [6, 6.07) is 5.23. The topological polar surface area (TPSA) is 84.1 Å². The maximum atomic E-state index is 13.4. The molecule has 116 valence electrons. The van der Waals surface area contributed by atoms with Gasteiger partial charge in [-0.1, -0.05) is 11.6 Å². The third-order valence-electron chi connectivity index (χ3n) is 2.86. The fourth-order valence-electron chi connectivity index (χ4n) is 1.94. The van der Waals surface area contributed by atoms with Crippen molar-refractivity contribution >= 4 is 49.7 Å². The molecule has 10 heteroatoms. The third-order valence-corrected chi connectivity index (χ3v) is 5.92. The van der Waals surface area contributed by atoms with Gasteiger partial charge in [-0.05, 0) is 18.2 Å². The first-order valence-electron chi connectivity index (χ1n) is 5.90. The highest BCUT2D eigenvalue weighted by molar-refractivity contribution is 7.94. The quantitative estimate of drug-likeness (QED) is 0.747. The summed E-state index contributed by atoms with van der Waals surface area (Å²) in [6.45, 7) is 0. The zero-order valence-corrected chi connectivity index (χ0v) is 13.4. The van der Waals surface area contributed by atoms with Gasteiger partial charge in [-0.25, -0.2) is 12.8 Å². The number of fused-ring (bicyclic) bond motifs is 1. The van der Waals surface area contributed by atoms with E-state index in [0.29, 0.717) is 15.2 Å². The number of sulfonamides is 1. The van der Waals surface area contributed by atoms with Crippen molar-refractivity contribution in [3.05, 3.63) is 34.4 Å². The second-order valence-electron chi connectivity index (χ2n) is 4.27. The fourth-order valence-corrected chi connectivity index (χ4v) is 4.44. The van der Waals surface area contributed by atoms with E-state index in [0.717, 1.165) is 17.4 Å². The van der Waals surface area contributed by atoms with Crippen molar-refractivity contribution in [2.24, 2.45) is 0 Å². The Labute approximate surface area is 133 Å². The molecule has 0 aliphatic carbocycles. The van der Waals surface area contributed by atoms with Crippen molar-refractivity contribution in [1.82, 2.24) is 10.2 Å². The molecule has 3 aromatic rings. The summed E-state index contributed by atoms with van der Waals surface area (Å²) >= 11 is 6.67. The minimum Gasteiger partial charge on any atom is -0.496 e. The molecule has 0 amide bonds. The predicted molar refractivity (Wildman–Crippen MR) is 82.7 cm³/mol. The molecular weight excluding hydrogens is 353 g/mol. The Morgan fingerprint density at radius 2 is 2.18 bits per heavy atom. The van der Waals surface area contributed by atoms with Crippen molar-refractivity contribution in [2.75, 3.05) is 11.8 Å². The van der Waals surface area contributed by atoms with Gasteiger partial charge in [-0.3, -0.25) is 9.82 Å². The average molecular weight is 362 g/mol. The molecule has 3 rings (SSSR count). The number of rotatable bonds is 4. The highest BCUT2D eigenvalue weighted by Gasteiger charge is 2.21. The molecule has 0 radical (unpaired) electrons. The van der Waals surface area contributed by atoms with Crippen LogP contribution < -0.4 is 9.46 Å². The number of hydrogen-bond acceptors (Lipinski definition) is 5. The van der Waals surface area contributed by atoms with E-state index in [-0.39, 0.29) is 15.8 Å². The number of nitrogens with zero attached hydrogens (tertiary/aromatic N) is 1. The molecular formula is C12H9ClFN3O3S2. The highest BCUT2D eigenvalue weighted by Crippen LogP contribution is 2.34. The number of thiophene rings is 1. The smallest absolute Gasteiger partial charge is 0.272 e. The van der Waals surface area contributed by atoms with Crippen LogP contribution >= 0.6 is 22.9 Å². The van der Waals surface area contributed by atoms with E-state index in [1.807, 2.05) is 0 Å². The SMILES string of the molecule is COc1cc(F)cc2[nH]nc(NS(=O)(=O)c3ccc(Cl)s3)c12. The van der Waals surface area contributed by atoms with Gasteiger partial charge in [-0.2, -0.15) is 5.10 Å². The average Bonchev–Trinajstić information content (AvgIpc) is 3.05. The molecule has 0 fully saturated rings. The number of ether oxygens (including phenoxy) is 1. The summed E-state index contributed by atoms with van der Waals surface area (Å²) in [7, 11) is -2.48. The second kappa shape index (κ2) is 5.41. The number of aromatic nitrogens is 2. The largest absolute Gasteiger partial charge is 0.496 e. The Bertz CT molecular complexity index is 952. The van der Waals surface area contributed by atoms with E-state index >= 15 is 0 Å². The Kier molecular flexibility index (Phi) is 3.71. The molecule has 2 heterocycles. The van der Waals surface area contributed by atoms with E-state index in [9.17, 15) is 12.8 Å². The van der Waals surface area contributed by atoms with Crippen LogP contribution in [0.15, 0.2) is 28.5 Å². The number of nitrogens with one attached hydrogen (secondary N) is 2. The number of hydrogen-bond donors (Lipinski definition) is 2. The zero-order valence-electron chi connectivity index (χ0n) is 11.1. The summed E-state index contributed by atoms with van der Waals surface area (Å²) in [6.07, 6.45) is 0. The maximum Gasteiger partial charge on any atom is 0.272 e. The Morgan fingerprint density at radius 1 is 1.41 bits per heavy atom. The summed E-state index contributed by atoms with van der Waals surface area (Å²) in [5.74, 6) is -0.325. The predicted octanol–water partition coefficient (Wildman–Crippen LogP) is 3.23. The molecule has 2 aromatic heterocycles. The molecule has 2 N–H and O–H groups in total. The van der Waals surface area contributed by atoms with Crippen LogP contribution in [0.5, 0.6) is 5.75 Å². The number of aromatic amines is 1. The highest BCUT2D eigenvalue weighted by atomic mass is 35.5. The van der Waals surface area contributed by atoms with E-state index < -0.39 is 15.8 Å². The number of anilines is 1. The van der Waals surface area contributed by atoms with Gasteiger partial charge in [0.1, 0.15) is 15.8 Å². The summed E-state index contributed by atoms with van der Waals surface area (Å²) in [5, 5.41) is 6.78. The summed E-state index contributed by atoms with van der Waals surface area (Å²) in [4.78, 5) is 0. The lowest BCUT2D eigenvalue weighted by Gasteiger charge is -2.06. The van der Waals surface area contributed by atoms with Gasteiger partial charge < -0.3 is 4.74 Å². The van der Waals surface area contributed by atoms with Crippen molar-refractivity contribution in [3.8, 4) is 5.75 Å². The van der Waals surface area contributed by atoms with Gasteiger partial charge in [0.2, 0.25) is 0 Å². The molecule has 0 unspecified atom stereocenters. The molecule has 0 aliphatic rings. The van der Waals surface area contributed by atoms with Gasteiger partial charge in [0, 0.05) is 6.07 Å². The fraction of sp³-hybridized carbons (Fsp3) is 0.0833. The van der Waals surface area contributed by atoms with Crippen LogP contribution in [-0.4, -0.2) is 25.7 Å². The van der Waals surface area contributed by atoms with Crippen LogP contribution in [0.25, 0.3) is 10.9 Å². The first kappa shape index (κ1) is 15.1. The van der Waals surface area contributed by atoms with Crippen LogP contribution in [0.1, 0.15) is 0 Å². The monoisotopic (exact) mass is 361 g/mol. The van der Waals surface area contributed by atoms with Gasteiger partial charge in [0.05, 0.1) is 22.3 Å². The van der Waals surface area contributed by atoms with Gasteiger partial charge in [0.15, 0.2) is 5.82 Å². The third kappa shape index (κ3) is 2.62. The summed E-state index contributed by atoms with van der Waals surface area (Å²) < 4.78 is 45.8. The van der Waals surface area contributed by atoms with Crippen molar-refractivity contribution in [1.29, 1.82) is 0 Å². The van der Waals surface area contributed by atoms with E-state index in [4.69, 9.17) is 16.3 Å². The maximum absolute atomic E-state index is 13.4. The summed E-state index contributed by atoms with van der Waals surface area (Å²) in [5.41, 5.74) is 0.318. The van der Waals surface area contributed by atoms with Crippen LogP contribution in [0.2, 0.25) is 4.34 Å². The second-order valence-corrected chi connectivity index (χ2v) is 7.89. The lowest BCUT2D eigenvalue weighted by molar-refractivity contribution is 0.416. The zero-order chi connectivity index (χ0) is 15.9. The van der Waals surface area contributed by atoms with E-state index in [2.05, 4.69) is 14.9 Å². The lowest BCUT2D eigenvalue weighted by Crippen LogP contribution is -2.12. The van der Waals surface area contributed by atoms with Crippen LogP contribution in [0, 0.1) is 5.82 Å². The Balaban J connectivity index is 2.08. The first-order chi connectivity index (χ1) is 10.4. The molecule has 6 nitrogen and oxygen atoms in total. The minimum atomic E-state index is -3.84. The minimum absolute atomic E-state index is 0.0244. The molecule has 0 atom stereocenters. The normalized spacial score (nSPS) is 11.8. The molecule has 0 bridgehead atoms. The van der Waals surface area contributed by atoms with Crippen LogP contribution in [0.3, 0.4) is 0 Å². The number of benzene rings is 1. The Hall–Kier alpha value is -1.84. The van der Waals surface area contributed by atoms with Crippen molar-refractivity contribution in [2.45, 2.75) is 4.21 Å². The Morgan fingerprint density at radius 3 is 2.82 bits per heavy atom. The molecule has 22 heavy (non-hydrogen) atoms. The number of methoxy groups -OCH3 is 1. The molecule has 0 aliphatic heterocycles. The standard InChI is InChI=1S/C12H9ClFN3O3S2/c1-20-8-5-6(14)4-7-11(8)12(16-15-7)17-22(18,19)10-3-2-9(13)21-10/h2-5H,1H3,(H2,15,16,17). The molecule has 0 saturated heterocycles. The number of halogens is 2. The molecule has 1 aromatic carbocycles. The van der Waals surface area contributed by atoms with Crippen LogP contribution in [0.4, 0.5) is 10.2 Å². The van der Waals surface area contributed by atoms with Crippen molar-refractivity contribution < 1.29 is 17.5 Å². The van der Waals surface area contributed by atoms with Crippen LogP contribution in [-0.2, 0) is 10.0 Å². The van der Waals surface area contributed by atoms with E-state index in [1.165, 1.54) is 25.3 Å². The first-order valence-corrected chi connectivity index (χ1v) is 8.58. The van der Waals surface area contributed by atoms with Crippen molar-refractivity contribution in [3.63, 3.8) is 0 Å². The van der Waals surface area contributed by atoms with Gasteiger partial charge in [-0.15, -0.1) is 11.3 Å². The lowest BCUT2D eigenvalue weighted by atomic mass is 10.2. The number of H-pyrrole nitrogens is 1.